The molecule has 4 N–H and O–H groups in total. The van der Waals surface area contributed by atoms with E-state index in [1.807, 2.05) is 24.3 Å². The van der Waals surface area contributed by atoms with Crippen LogP contribution in [-0.4, -0.2) is 45.8 Å². The van der Waals surface area contributed by atoms with Gasteiger partial charge in [0.25, 0.3) is 0 Å². The maximum atomic E-state index is 13.6. The molecule has 182 valence electrons. The van der Waals surface area contributed by atoms with Crippen molar-refractivity contribution in [2.75, 3.05) is 19.6 Å². The number of piperidine rings is 1. The molecule has 0 radical (unpaired) electrons. The van der Waals surface area contributed by atoms with Gasteiger partial charge in [-0.25, -0.2) is 4.98 Å². The number of nitrogens with zero attached hydrogens (tertiary/aromatic N) is 3. The van der Waals surface area contributed by atoms with Gasteiger partial charge in [0.05, 0.1) is 22.5 Å². The molecule has 1 saturated carbocycles. The number of nitrogen functional groups attached to an aromatic ring is 1. The third-order valence-corrected chi connectivity index (χ3v) is 8.33. The molecule has 0 spiro atoms. The van der Waals surface area contributed by atoms with Crippen LogP contribution in [0.2, 0.25) is 0 Å². The molecule has 3 aliphatic rings. The lowest BCUT2D eigenvalue weighted by molar-refractivity contribution is -0.141. The summed E-state index contributed by atoms with van der Waals surface area (Å²) in [5, 5.41) is 11.2. The molecule has 35 heavy (non-hydrogen) atoms. The van der Waals surface area contributed by atoms with Gasteiger partial charge < -0.3 is 20.5 Å². The fourth-order valence-electron chi connectivity index (χ4n) is 6.16. The molecule has 2 fully saturated rings. The van der Waals surface area contributed by atoms with Crippen LogP contribution in [0, 0.1) is 5.41 Å². The molecule has 6 rings (SSSR count). The van der Waals surface area contributed by atoms with E-state index in [1.54, 1.807) is 0 Å². The Morgan fingerprint density at radius 2 is 1.83 bits per heavy atom. The number of fused-ring (bicyclic) bond motifs is 3. The number of nitrogens with one attached hydrogen (secondary N) is 2. The minimum atomic E-state index is -0.355. The number of amides is 1. The average Bonchev–Trinajstić information content (AvgIpc) is 3.23. The molecule has 1 atom stereocenters. The van der Waals surface area contributed by atoms with E-state index in [2.05, 4.69) is 33.0 Å². The number of amidine groups is 1. The molecular weight excluding hydrogens is 436 g/mol. The molecule has 2 aliphatic heterocycles. The van der Waals surface area contributed by atoms with Gasteiger partial charge >= 0.3 is 0 Å². The molecule has 1 aliphatic carbocycles. The summed E-state index contributed by atoms with van der Waals surface area (Å²) < 4.78 is 2.34. The van der Waals surface area contributed by atoms with Crippen LogP contribution < -0.4 is 11.1 Å². The maximum absolute atomic E-state index is 13.6. The highest BCUT2D eigenvalue weighted by Crippen LogP contribution is 2.46. The summed E-state index contributed by atoms with van der Waals surface area (Å²) >= 11 is 0. The molecule has 1 saturated heterocycles. The second-order valence-corrected chi connectivity index (χ2v) is 10.4. The Hall–Kier alpha value is -3.19. The summed E-state index contributed by atoms with van der Waals surface area (Å²) in [6.07, 6.45) is 7.32. The van der Waals surface area contributed by atoms with Gasteiger partial charge in [-0.2, -0.15) is 0 Å². The van der Waals surface area contributed by atoms with Gasteiger partial charge in [-0.1, -0.05) is 36.8 Å². The molecule has 1 aromatic heterocycles. The van der Waals surface area contributed by atoms with E-state index in [1.165, 1.54) is 12.0 Å². The van der Waals surface area contributed by atoms with Crippen LogP contribution in [0.1, 0.15) is 67.1 Å². The van der Waals surface area contributed by atoms with E-state index < -0.39 is 0 Å². The van der Waals surface area contributed by atoms with Crippen molar-refractivity contribution in [3.05, 3.63) is 65.0 Å². The third-order valence-electron chi connectivity index (χ3n) is 8.33. The number of aromatic nitrogens is 2. The minimum Gasteiger partial charge on any atom is -0.384 e. The van der Waals surface area contributed by atoms with E-state index in [-0.39, 0.29) is 17.3 Å². The topological polar surface area (TPSA) is 100 Å². The Bertz CT molecular complexity index is 1270. The van der Waals surface area contributed by atoms with Crippen molar-refractivity contribution in [3.63, 3.8) is 0 Å². The van der Waals surface area contributed by atoms with Gasteiger partial charge in [-0.15, -0.1) is 0 Å². The number of hydrogen-bond donors (Lipinski definition) is 3. The van der Waals surface area contributed by atoms with Crippen molar-refractivity contribution in [3.8, 4) is 0 Å². The normalized spacial score (nSPS) is 21.4. The number of imidazole rings is 1. The molecule has 0 bridgehead atoms. The van der Waals surface area contributed by atoms with Gasteiger partial charge in [0, 0.05) is 31.7 Å². The van der Waals surface area contributed by atoms with Crippen LogP contribution in [0.4, 0.5) is 0 Å². The zero-order valence-electron chi connectivity index (χ0n) is 20.2. The largest absolute Gasteiger partial charge is 0.384 e. The summed E-state index contributed by atoms with van der Waals surface area (Å²) in [5.74, 6) is 1.48. The minimum absolute atomic E-state index is 0.0907. The summed E-state index contributed by atoms with van der Waals surface area (Å²) in [6.45, 7) is 3.60. The fourth-order valence-corrected chi connectivity index (χ4v) is 6.16. The predicted octanol–water partition coefficient (Wildman–Crippen LogP) is 3.64. The monoisotopic (exact) mass is 470 g/mol. The highest BCUT2D eigenvalue weighted by Gasteiger charge is 2.48. The lowest BCUT2D eigenvalue weighted by Crippen LogP contribution is -2.52. The summed E-state index contributed by atoms with van der Waals surface area (Å²) in [6, 6.07) is 14.6. The van der Waals surface area contributed by atoms with Crippen LogP contribution in [-0.2, 0) is 23.2 Å². The van der Waals surface area contributed by atoms with Crippen molar-refractivity contribution in [2.45, 2.75) is 62.9 Å². The SMILES string of the molecule is N=C(N)c1ccc(CC2NCCn3c2nc2cc(C4(C(=O)N5CCCCC5)CCC4)ccc23)cc1. The van der Waals surface area contributed by atoms with Crippen LogP contribution in [0.25, 0.3) is 11.0 Å². The zero-order valence-corrected chi connectivity index (χ0v) is 20.2. The lowest BCUT2D eigenvalue weighted by Gasteiger charge is -2.45. The Balaban J connectivity index is 1.30. The van der Waals surface area contributed by atoms with Crippen molar-refractivity contribution >= 4 is 22.8 Å². The standard InChI is InChI=1S/C28H34N6O/c29-25(30)20-7-5-19(6-8-20)17-23-26-32-22-18-21(9-10-24(22)34(26)16-13-31-23)28(11-4-12-28)27(35)33-14-2-1-3-15-33/h5-10,18,23,31H,1-4,11-17H2,(H3,29,30). The van der Waals surface area contributed by atoms with Crippen LogP contribution in [0.5, 0.6) is 0 Å². The summed E-state index contributed by atoms with van der Waals surface area (Å²) in [7, 11) is 0. The second kappa shape index (κ2) is 8.79. The Morgan fingerprint density at radius 3 is 2.51 bits per heavy atom. The van der Waals surface area contributed by atoms with Gasteiger partial charge in [0.2, 0.25) is 5.91 Å². The first-order valence-electron chi connectivity index (χ1n) is 13.0. The number of rotatable bonds is 5. The van der Waals surface area contributed by atoms with Gasteiger partial charge in [-0.05, 0) is 61.8 Å². The first-order valence-corrected chi connectivity index (χ1v) is 13.0. The number of carbonyl (C=O) groups is 1. The first kappa shape index (κ1) is 22.3. The van der Waals surface area contributed by atoms with Crippen molar-refractivity contribution < 1.29 is 4.79 Å². The maximum Gasteiger partial charge on any atom is 0.233 e. The molecule has 1 amide bonds. The third kappa shape index (κ3) is 3.82. The van der Waals surface area contributed by atoms with E-state index in [0.717, 1.165) is 92.7 Å². The Labute approximate surface area is 206 Å². The average molecular weight is 471 g/mol. The van der Waals surface area contributed by atoms with E-state index >= 15 is 0 Å². The molecule has 3 aromatic rings. The zero-order chi connectivity index (χ0) is 24.0. The highest BCUT2D eigenvalue weighted by molar-refractivity contribution is 5.95. The summed E-state index contributed by atoms with van der Waals surface area (Å²) in [5.41, 5.74) is 10.5. The molecule has 2 aromatic carbocycles. The summed E-state index contributed by atoms with van der Waals surface area (Å²) in [4.78, 5) is 20.8. The molecule has 7 heteroatoms. The number of nitrogens with two attached hydrogens (primary N) is 1. The molecule has 7 nitrogen and oxygen atoms in total. The van der Waals surface area contributed by atoms with Gasteiger partial charge in [-0.3, -0.25) is 10.2 Å². The van der Waals surface area contributed by atoms with Crippen LogP contribution >= 0.6 is 0 Å². The number of hydrogen-bond acceptors (Lipinski definition) is 4. The Kier molecular flexibility index (Phi) is 5.60. The highest BCUT2D eigenvalue weighted by atomic mass is 16.2. The van der Waals surface area contributed by atoms with Crippen molar-refractivity contribution in [1.82, 2.24) is 19.8 Å². The predicted molar refractivity (Wildman–Crippen MR) is 138 cm³/mol. The molecule has 3 heterocycles. The van der Waals surface area contributed by atoms with Crippen molar-refractivity contribution in [1.29, 1.82) is 5.41 Å². The lowest BCUT2D eigenvalue weighted by atomic mass is 9.63. The van der Waals surface area contributed by atoms with Gasteiger partial charge in [0.1, 0.15) is 11.7 Å². The number of likely N-dealkylation sites (tertiary alicyclic amines) is 1. The Morgan fingerprint density at radius 1 is 1.06 bits per heavy atom. The fraction of sp³-hybridized carbons (Fsp3) is 0.464. The first-order chi connectivity index (χ1) is 17.0. The van der Waals surface area contributed by atoms with Gasteiger partial charge in [0.15, 0.2) is 0 Å². The van der Waals surface area contributed by atoms with Crippen molar-refractivity contribution in [2.24, 2.45) is 5.73 Å². The molecule has 1 unspecified atom stereocenters. The van der Waals surface area contributed by atoms with Crippen LogP contribution in [0.15, 0.2) is 42.5 Å². The second-order valence-electron chi connectivity index (χ2n) is 10.4. The van der Waals surface area contributed by atoms with E-state index in [0.29, 0.717) is 5.91 Å². The quantitative estimate of drug-likeness (QED) is 0.391. The smallest absolute Gasteiger partial charge is 0.233 e. The number of carbonyl (C=O) groups excluding carboxylic acids is 1. The van der Waals surface area contributed by atoms with Crippen LogP contribution in [0.3, 0.4) is 0 Å². The molecular formula is C28H34N6O. The van der Waals surface area contributed by atoms with E-state index in [4.69, 9.17) is 16.1 Å². The van der Waals surface area contributed by atoms with E-state index in [9.17, 15) is 4.79 Å². The number of benzene rings is 2.